The molecule has 2 aliphatic rings. The van der Waals surface area contributed by atoms with Crippen LogP contribution in [0.4, 0.5) is 11.5 Å². The SMILES string of the molecule is CC(C)Nc1cccnc1N1CCN(C(=O)c2ccc(C(=O)NCCN3CCCC3)cc2)CC1. The van der Waals surface area contributed by atoms with Crippen LogP contribution in [0.5, 0.6) is 0 Å². The molecule has 4 rings (SSSR count). The molecule has 8 nitrogen and oxygen atoms in total. The van der Waals surface area contributed by atoms with E-state index in [0.717, 1.165) is 44.2 Å². The highest BCUT2D eigenvalue weighted by Gasteiger charge is 2.24. The number of nitrogens with zero attached hydrogens (tertiary/aromatic N) is 4. The summed E-state index contributed by atoms with van der Waals surface area (Å²) in [6.45, 7) is 10.7. The van der Waals surface area contributed by atoms with Crippen molar-refractivity contribution in [3.63, 3.8) is 0 Å². The van der Waals surface area contributed by atoms with Crippen LogP contribution in [0.1, 0.15) is 47.4 Å². The Balaban J connectivity index is 1.28. The standard InChI is InChI=1S/C26H36N6O2/c1-20(2)29-23-6-5-11-27-24(23)31-16-18-32(19-17-31)26(34)22-9-7-21(8-10-22)25(33)28-12-15-30-13-3-4-14-30/h5-11,20,29H,3-4,12-19H2,1-2H3,(H,28,33). The van der Waals surface area contributed by atoms with E-state index in [2.05, 4.69) is 39.3 Å². The van der Waals surface area contributed by atoms with E-state index in [-0.39, 0.29) is 11.8 Å². The van der Waals surface area contributed by atoms with Crippen molar-refractivity contribution in [1.29, 1.82) is 0 Å². The lowest BCUT2D eigenvalue weighted by atomic mass is 10.1. The van der Waals surface area contributed by atoms with E-state index in [1.54, 1.807) is 24.3 Å². The average molecular weight is 465 g/mol. The second-order valence-electron chi connectivity index (χ2n) is 9.33. The lowest BCUT2D eigenvalue weighted by Gasteiger charge is -2.36. The monoisotopic (exact) mass is 464 g/mol. The highest BCUT2D eigenvalue weighted by atomic mass is 16.2. The number of carbonyl (C=O) groups is 2. The number of pyridine rings is 1. The summed E-state index contributed by atoms with van der Waals surface area (Å²) in [5.41, 5.74) is 2.22. The van der Waals surface area contributed by atoms with Gasteiger partial charge in [0.05, 0.1) is 5.69 Å². The molecule has 34 heavy (non-hydrogen) atoms. The molecule has 1 aromatic carbocycles. The third kappa shape index (κ3) is 6.05. The maximum absolute atomic E-state index is 13.0. The zero-order valence-corrected chi connectivity index (χ0v) is 20.3. The van der Waals surface area contributed by atoms with Crippen molar-refractivity contribution in [2.24, 2.45) is 0 Å². The van der Waals surface area contributed by atoms with Gasteiger partial charge >= 0.3 is 0 Å². The van der Waals surface area contributed by atoms with Gasteiger partial charge in [-0.25, -0.2) is 4.98 Å². The average Bonchev–Trinajstić information content (AvgIpc) is 3.37. The zero-order valence-electron chi connectivity index (χ0n) is 20.3. The number of aromatic nitrogens is 1. The Labute approximate surface area is 202 Å². The van der Waals surface area contributed by atoms with Crippen LogP contribution < -0.4 is 15.5 Å². The number of nitrogens with one attached hydrogen (secondary N) is 2. The molecule has 2 fully saturated rings. The smallest absolute Gasteiger partial charge is 0.253 e. The Morgan fingerprint density at radius 3 is 2.29 bits per heavy atom. The van der Waals surface area contributed by atoms with Crippen LogP contribution >= 0.6 is 0 Å². The number of amides is 2. The first kappa shape index (κ1) is 24.0. The van der Waals surface area contributed by atoms with Gasteiger partial charge in [-0.15, -0.1) is 0 Å². The molecule has 2 saturated heterocycles. The summed E-state index contributed by atoms with van der Waals surface area (Å²) in [6.07, 6.45) is 4.30. The molecule has 2 amide bonds. The van der Waals surface area contributed by atoms with Gasteiger partial charge in [0, 0.05) is 62.6 Å². The van der Waals surface area contributed by atoms with E-state index in [0.29, 0.717) is 36.8 Å². The normalized spacial score (nSPS) is 16.7. The van der Waals surface area contributed by atoms with Crippen LogP contribution in [0.3, 0.4) is 0 Å². The topological polar surface area (TPSA) is 80.8 Å². The van der Waals surface area contributed by atoms with E-state index < -0.39 is 0 Å². The molecule has 0 aliphatic carbocycles. The molecule has 0 bridgehead atoms. The fraction of sp³-hybridized carbons (Fsp3) is 0.500. The van der Waals surface area contributed by atoms with E-state index in [9.17, 15) is 9.59 Å². The summed E-state index contributed by atoms with van der Waals surface area (Å²) in [5.74, 6) is 0.846. The van der Waals surface area contributed by atoms with Gasteiger partial charge in [0.25, 0.3) is 11.8 Å². The van der Waals surface area contributed by atoms with Crippen LogP contribution in [0.25, 0.3) is 0 Å². The maximum atomic E-state index is 13.0. The summed E-state index contributed by atoms with van der Waals surface area (Å²) >= 11 is 0. The van der Waals surface area contributed by atoms with Crippen molar-refractivity contribution in [2.45, 2.75) is 32.7 Å². The third-order valence-electron chi connectivity index (χ3n) is 6.40. The molecule has 2 N–H and O–H groups in total. The lowest BCUT2D eigenvalue weighted by Crippen LogP contribution is -2.49. The Bertz CT molecular complexity index is 964. The molecular weight excluding hydrogens is 428 g/mol. The van der Waals surface area contributed by atoms with Gasteiger partial charge in [0.1, 0.15) is 0 Å². The highest BCUT2D eigenvalue weighted by molar-refractivity contribution is 5.98. The molecule has 0 atom stereocenters. The molecule has 0 unspecified atom stereocenters. The Kier molecular flexibility index (Phi) is 8.00. The van der Waals surface area contributed by atoms with Crippen LogP contribution in [-0.4, -0.2) is 85.0 Å². The number of piperazine rings is 1. The first-order chi connectivity index (χ1) is 16.5. The molecule has 8 heteroatoms. The van der Waals surface area contributed by atoms with Crippen molar-refractivity contribution < 1.29 is 9.59 Å². The second-order valence-corrected chi connectivity index (χ2v) is 9.33. The summed E-state index contributed by atoms with van der Waals surface area (Å²) in [5, 5.41) is 6.43. The van der Waals surface area contributed by atoms with Gasteiger partial charge in [0.2, 0.25) is 0 Å². The molecule has 0 radical (unpaired) electrons. The van der Waals surface area contributed by atoms with E-state index in [1.807, 2.05) is 23.2 Å². The summed E-state index contributed by atoms with van der Waals surface area (Å²) in [4.78, 5) is 36.5. The third-order valence-corrected chi connectivity index (χ3v) is 6.40. The largest absolute Gasteiger partial charge is 0.380 e. The lowest BCUT2D eigenvalue weighted by molar-refractivity contribution is 0.0746. The Morgan fingerprint density at radius 1 is 0.941 bits per heavy atom. The van der Waals surface area contributed by atoms with Crippen LogP contribution in [0.2, 0.25) is 0 Å². The number of rotatable bonds is 8. The number of anilines is 2. The number of benzene rings is 1. The number of hydrogen-bond acceptors (Lipinski definition) is 6. The van der Waals surface area contributed by atoms with E-state index in [4.69, 9.17) is 0 Å². The number of likely N-dealkylation sites (tertiary alicyclic amines) is 1. The first-order valence-electron chi connectivity index (χ1n) is 12.4. The van der Waals surface area contributed by atoms with Crippen LogP contribution in [0, 0.1) is 0 Å². The van der Waals surface area contributed by atoms with Crippen molar-refractivity contribution in [2.75, 3.05) is 62.6 Å². The molecule has 2 aromatic rings. The highest BCUT2D eigenvalue weighted by Crippen LogP contribution is 2.25. The quantitative estimate of drug-likeness (QED) is 0.625. The summed E-state index contributed by atoms with van der Waals surface area (Å²) in [7, 11) is 0. The minimum Gasteiger partial charge on any atom is -0.380 e. The fourth-order valence-corrected chi connectivity index (χ4v) is 4.58. The number of carbonyl (C=O) groups excluding carboxylic acids is 2. The molecular formula is C26H36N6O2. The molecule has 2 aliphatic heterocycles. The molecule has 0 saturated carbocycles. The van der Waals surface area contributed by atoms with Gasteiger partial charge in [-0.05, 0) is 76.2 Å². The molecule has 0 spiro atoms. The van der Waals surface area contributed by atoms with Crippen molar-refractivity contribution in [3.8, 4) is 0 Å². The maximum Gasteiger partial charge on any atom is 0.253 e. The van der Waals surface area contributed by atoms with E-state index >= 15 is 0 Å². The fourth-order valence-electron chi connectivity index (χ4n) is 4.58. The second kappa shape index (κ2) is 11.3. The van der Waals surface area contributed by atoms with Crippen LogP contribution in [0.15, 0.2) is 42.6 Å². The minimum atomic E-state index is -0.0898. The van der Waals surface area contributed by atoms with Gasteiger partial charge in [-0.3, -0.25) is 9.59 Å². The van der Waals surface area contributed by atoms with Crippen molar-refractivity contribution >= 4 is 23.3 Å². The van der Waals surface area contributed by atoms with Crippen molar-refractivity contribution in [1.82, 2.24) is 20.1 Å². The van der Waals surface area contributed by atoms with Gasteiger partial charge in [-0.1, -0.05) is 0 Å². The van der Waals surface area contributed by atoms with Gasteiger partial charge < -0.3 is 25.3 Å². The summed E-state index contributed by atoms with van der Waals surface area (Å²) in [6, 6.07) is 11.3. The molecule has 182 valence electrons. The van der Waals surface area contributed by atoms with Crippen LogP contribution in [-0.2, 0) is 0 Å². The zero-order chi connectivity index (χ0) is 23.9. The van der Waals surface area contributed by atoms with E-state index in [1.165, 1.54) is 12.8 Å². The molecule has 1 aromatic heterocycles. The summed E-state index contributed by atoms with van der Waals surface area (Å²) < 4.78 is 0. The predicted octanol–water partition coefficient (Wildman–Crippen LogP) is 2.69. The Hall–Kier alpha value is -3.13. The van der Waals surface area contributed by atoms with Crippen molar-refractivity contribution in [3.05, 3.63) is 53.7 Å². The molecule has 3 heterocycles. The first-order valence-corrected chi connectivity index (χ1v) is 12.4. The minimum absolute atomic E-state index is 0.00203. The van der Waals surface area contributed by atoms with Gasteiger partial charge in [-0.2, -0.15) is 0 Å². The Morgan fingerprint density at radius 2 is 1.62 bits per heavy atom. The number of hydrogen-bond donors (Lipinski definition) is 2. The predicted molar refractivity (Wildman–Crippen MR) is 136 cm³/mol. The van der Waals surface area contributed by atoms with Gasteiger partial charge in [0.15, 0.2) is 5.82 Å².